The molecule has 1 aromatic heterocycles. The molecule has 1 atom stereocenters. The first-order valence-corrected chi connectivity index (χ1v) is 9.80. The van der Waals surface area contributed by atoms with Crippen LogP contribution in [0.3, 0.4) is 0 Å². The second-order valence-electron chi connectivity index (χ2n) is 7.71. The maximum Gasteiger partial charge on any atom is 0.341 e. The Morgan fingerprint density at radius 3 is 2.48 bits per heavy atom. The third kappa shape index (κ3) is 5.63. The highest BCUT2D eigenvalue weighted by atomic mass is 32.1. The number of hydrogen-bond acceptors (Lipinski definition) is 4. The summed E-state index contributed by atoms with van der Waals surface area (Å²) in [5, 5.41) is 3.07. The molecule has 1 heterocycles. The van der Waals surface area contributed by atoms with Gasteiger partial charge in [-0.3, -0.25) is 4.79 Å². The van der Waals surface area contributed by atoms with E-state index in [0.717, 1.165) is 11.3 Å². The third-order valence-electron chi connectivity index (χ3n) is 4.00. The number of ether oxygens (including phenoxy) is 1. The number of hydrogen-bond donors (Lipinski definition) is 1. The molecule has 0 aliphatic heterocycles. The van der Waals surface area contributed by atoms with Crippen LogP contribution in [0.1, 0.15) is 72.6 Å². The number of anilines is 1. The summed E-state index contributed by atoms with van der Waals surface area (Å²) in [6.45, 7) is 10.5. The minimum atomic E-state index is -0.606. The van der Waals surface area contributed by atoms with Crippen LogP contribution in [0.15, 0.2) is 30.3 Å². The highest BCUT2D eigenvalue weighted by molar-refractivity contribution is 7.16. The van der Waals surface area contributed by atoms with Gasteiger partial charge in [0.05, 0.1) is 17.7 Å². The van der Waals surface area contributed by atoms with Gasteiger partial charge in [0.1, 0.15) is 10.8 Å². The van der Waals surface area contributed by atoms with E-state index in [-0.39, 0.29) is 23.5 Å². The van der Waals surface area contributed by atoms with E-state index in [0.29, 0.717) is 10.6 Å². The normalized spacial score (nSPS) is 12.5. The summed E-state index contributed by atoms with van der Waals surface area (Å²) < 4.78 is 19.0. The number of carbonyl (C=O) groups excluding carboxylic acids is 2. The zero-order valence-corrected chi connectivity index (χ0v) is 17.2. The zero-order valence-electron chi connectivity index (χ0n) is 16.4. The smallest absolute Gasteiger partial charge is 0.341 e. The topological polar surface area (TPSA) is 55.4 Å². The van der Waals surface area contributed by atoms with Crippen molar-refractivity contribution in [1.29, 1.82) is 0 Å². The summed E-state index contributed by atoms with van der Waals surface area (Å²) in [7, 11) is 0. The number of amides is 1. The number of benzene rings is 1. The fraction of sp³-hybridized carbons (Fsp3) is 0.429. The van der Waals surface area contributed by atoms with Gasteiger partial charge in [0.2, 0.25) is 0 Å². The largest absolute Gasteiger partial charge is 0.462 e. The molecule has 1 amide bonds. The summed E-state index contributed by atoms with van der Waals surface area (Å²) >= 11 is 1.34. The monoisotopic (exact) mass is 391 g/mol. The second-order valence-corrected chi connectivity index (χ2v) is 8.80. The van der Waals surface area contributed by atoms with E-state index in [2.05, 4.69) is 33.0 Å². The SMILES string of the molecule is CCOC(=O)c1cc(C(C)CC(C)(C)C)sc1NC(=O)c1ccccc1F. The molecule has 0 bridgehead atoms. The summed E-state index contributed by atoms with van der Waals surface area (Å²) in [6, 6.07) is 7.52. The third-order valence-corrected chi connectivity index (χ3v) is 5.28. The average Bonchev–Trinajstić information content (AvgIpc) is 2.98. The Hall–Kier alpha value is -2.21. The fourth-order valence-electron chi connectivity index (χ4n) is 2.94. The molecular weight excluding hydrogens is 365 g/mol. The van der Waals surface area contributed by atoms with Gasteiger partial charge in [-0.15, -0.1) is 11.3 Å². The quantitative estimate of drug-likeness (QED) is 0.628. The van der Waals surface area contributed by atoms with Gasteiger partial charge in [0, 0.05) is 4.88 Å². The van der Waals surface area contributed by atoms with E-state index in [4.69, 9.17) is 4.74 Å². The minimum absolute atomic E-state index is 0.0648. The molecular formula is C21H26FNO3S. The summed E-state index contributed by atoms with van der Waals surface area (Å²) in [4.78, 5) is 25.8. The first kappa shape index (κ1) is 21.1. The van der Waals surface area contributed by atoms with Crippen LogP contribution in [-0.2, 0) is 4.74 Å². The maximum absolute atomic E-state index is 13.9. The van der Waals surface area contributed by atoms with Crippen molar-refractivity contribution in [3.8, 4) is 0 Å². The van der Waals surface area contributed by atoms with E-state index >= 15 is 0 Å². The molecule has 27 heavy (non-hydrogen) atoms. The molecule has 2 aromatic rings. The molecule has 1 aromatic carbocycles. The van der Waals surface area contributed by atoms with Gasteiger partial charge in [-0.1, -0.05) is 39.8 Å². The van der Waals surface area contributed by atoms with Crippen molar-refractivity contribution in [2.24, 2.45) is 5.41 Å². The first-order chi connectivity index (χ1) is 12.6. The number of carbonyl (C=O) groups is 2. The number of nitrogens with one attached hydrogen (secondary N) is 1. The highest BCUT2D eigenvalue weighted by Crippen LogP contribution is 2.38. The van der Waals surface area contributed by atoms with Crippen molar-refractivity contribution in [3.63, 3.8) is 0 Å². The number of rotatable bonds is 6. The molecule has 1 N–H and O–H groups in total. The average molecular weight is 392 g/mol. The van der Waals surface area contributed by atoms with Crippen molar-refractivity contribution in [2.45, 2.75) is 47.0 Å². The van der Waals surface area contributed by atoms with Crippen molar-refractivity contribution in [2.75, 3.05) is 11.9 Å². The molecule has 0 fully saturated rings. The number of thiophene rings is 1. The van der Waals surface area contributed by atoms with Gasteiger partial charge in [0.15, 0.2) is 0 Å². The highest BCUT2D eigenvalue weighted by Gasteiger charge is 2.24. The van der Waals surface area contributed by atoms with Gasteiger partial charge in [-0.25, -0.2) is 9.18 Å². The Morgan fingerprint density at radius 2 is 1.89 bits per heavy atom. The van der Waals surface area contributed by atoms with E-state index < -0.39 is 17.7 Å². The predicted octanol–water partition coefficient (Wildman–Crippen LogP) is 5.86. The van der Waals surface area contributed by atoms with Crippen molar-refractivity contribution in [3.05, 3.63) is 52.2 Å². The Balaban J connectivity index is 2.34. The maximum atomic E-state index is 13.9. The molecule has 4 nitrogen and oxygen atoms in total. The Morgan fingerprint density at radius 1 is 1.22 bits per heavy atom. The summed E-state index contributed by atoms with van der Waals surface area (Å²) in [5.74, 6) is -1.48. The van der Waals surface area contributed by atoms with Crippen LogP contribution >= 0.6 is 11.3 Å². The van der Waals surface area contributed by atoms with Crippen LogP contribution in [0, 0.1) is 11.2 Å². The molecule has 0 radical (unpaired) electrons. The predicted molar refractivity (Wildman–Crippen MR) is 107 cm³/mol. The molecule has 6 heteroatoms. The number of halogens is 1. The summed E-state index contributed by atoms with van der Waals surface area (Å²) in [5.41, 5.74) is 0.372. The zero-order chi connectivity index (χ0) is 20.2. The second kappa shape index (κ2) is 8.65. The molecule has 1 unspecified atom stereocenters. The Kier molecular flexibility index (Phi) is 6.76. The van der Waals surface area contributed by atoms with Crippen molar-refractivity contribution < 1.29 is 18.7 Å². The van der Waals surface area contributed by atoms with Crippen LogP contribution in [-0.4, -0.2) is 18.5 Å². The van der Waals surface area contributed by atoms with E-state index in [9.17, 15) is 14.0 Å². The van der Waals surface area contributed by atoms with E-state index in [1.807, 2.05) is 0 Å². The van der Waals surface area contributed by atoms with E-state index in [1.54, 1.807) is 19.1 Å². The molecule has 0 spiro atoms. The lowest BCUT2D eigenvalue weighted by Gasteiger charge is -2.22. The molecule has 146 valence electrons. The van der Waals surface area contributed by atoms with Crippen LogP contribution < -0.4 is 5.32 Å². The summed E-state index contributed by atoms with van der Waals surface area (Å²) in [6.07, 6.45) is 0.927. The first-order valence-electron chi connectivity index (χ1n) is 8.99. The van der Waals surface area contributed by atoms with Gasteiger partial charge in [0.25, 0.3) is 5.91 Å². The van der Waals surface area contributed by atoms with Gasteiger partial charge in [-0.05, 0) is 42.9 Å². The molecule has 2 rings (SSSR count). The Labute approximate surface area is 163 Å². The van der Waals surface area contributed by atoms with Gasteiger partial charge in [-0.2, -0.15) is 0 Å². The van der Waals surface area contributed by atoms with Crippen molar-refractivity contribution in [1.82, 2.24) is 0 Å². The molecule has 0 aliphatic carbocycles. The Bertz CT molecular complexity index is 823. The standard InChI is InChI=1S/C21H26FNO3S/c1-6-26-20(25)15-11-17(13(2)12-21(3,4)5)27-19(15)23-18(24)14-9-7-8-10-16(14)22/h7-11,13H,6,12H2,1-5H3,(H,23,24). The van der Waals surface area contributed by atoms with Gasteiger partial charge < -0.3 is 10.1 Å². The van der Waals surface area contributed by atoms with Crippen molar-refractivity contribution >= 4 is 28.2 Å². The van der Waals surface area contributed by atoms with E-state index in [1.165, 1.54) is 29.5 Å². The van der Waals surface area contributed by atoms with Crippen LogP contribution in [0.5, 0.6) is 0 Å². The van der Waals surface area contributed by atoms with Crippen LogP contribution in [0.4, 0.5) is 9.39 Å². The van der Waals surface area contributed by atoms with Gasteiger partial charge >= 0.3 is 5.97 Å². The number of esters is 1. The van der Waals surface area contributed by atoms with Crippen LogP contribution in [0.2, 0.25) is 0 Å². The van der Waals surface area contributed by atoms with Crippen LogP contribution in [0.25, 0.3) is 0 Å². The fourth-order valence-corrected chi connectivity index (χ4v) is 4.03. The molecule has 0 saturated carbocycles. The lowest BCUT2D eigenvalue weighted by Crippen LogP contribution is -2.15. The lowest BCUT2D eigenvalue weighted by atomic mass is 9.85. The molecule has 0 aliphatic rings. The minimum Gasteiger partial charge on any atom is -0.462 e. The molecule has 0 saturated heterocycles. The lowest BCUT2D eigenvalue weighted by molar-refractivity contribution is 0.0528.